The number of rotatable bonds is 8. The first-order valence-corrected chi connectivity index (χ1v) is 9.52. The third kappa shape index (κ3) is 8.41. The van der Waals surface area contributed by atoms with E-state index in [1.54, 1.807) is 12.4 Å². The number of nitrogens with zero attached hydrogens (tertiary/aromatic N) is 3. The highest BCUT2D eigenvalue weighted by Crippen LogP contribution is 2.18. The van der Waals surface area contributed by atoms with Gasteiger partial charge in [-0.15, -0.1) is 0 Å². The summed E-state index contributed by atoms with van der Waals surface area (Å²) < 4.78 is 0. The number of aromatic nitrogens is 2. The number of hydrogen-bond donors (Lipinski definition) is 6. The van der Waals surface area contributed by atoms with Crippen molar-refractivity contribution in [2.75, 3.05) is 18.5 Å². The number of nitrogens with two attached hydrogens (primary N) is 2. The molecule has 164 valence electrons. The molecule has 2 aromatic rings. The zero-order valence-electron chi connectivity index (χ0n) is 17.5. The van der Waals surface area contributed by atoms with Gasteiger partial charge in [-0.1, -0.05) is 43.7 Å². The largest absolute Gasteiger partial charge is 0.481 e. The van der Waals surface area contributed by atoms with Crippen LogP contribution >= 0.6 is 0 Å². The first-order valence-electron chi connectivity index (χ1n) is 9.52. The SMILES string of the molecule is CC(C)C(C/C(=N/N)NN)C(=O)O.Cc1ccc(-c2cnc(NCCO)nc2)cc1. The van der Waals surface area contributed by atoms with Crippen molar-refractivity contribution in [3.05, 3.63) is 42.2 Å². The smallest absolute Gasteiger partial charge is 0.307 e. The molecular formula is C20H31N7O3. The molecule has 1 atom stereocenters. The summed E-state index contributed by atoms with van der Waals surface area (Å²) in [5, 5.41) is 23.7. The van der Waals surface area contributed by atoms with Gasteiger partial charge in [0.25, 0.3) is 0 Å². The Morgan fingerprint density at radius 1 is 1.17 bits per heavy atom. The van der Waals surface area contributed by atoms with Crippen LogP contribution in [0.3, 0.4) is 0 Å². The lowest BCUT2D eigenvalue weighted by Gasteiger charge is -2.16. The van der Waals surface area contributed by atoms with Gasteiger partial charge in [-0.25, -0.2) is 15.8 Å². The van der Waals surface area contributed by atoms with Crippen molar-refractivity contribution in [3.8, 4) is 11.1 Å². The quantitative estimate of drug-likeness (QED) is 0.160. The van der Waals surface area contributed by atoms with Crippen LogP contribution in [0.2, 0.25) is 0 Å². The van der Waals surface area contributed by atoms with Crippen molar-refractivity contribution in [2.24, 2.45) is 28.6 Å². The van der Waals surface area contributed by atoms with Gasteiger partial charge in [0.2, 0.25) is 5.95 Å². The van der Waals surface area contributed by atoms with Crippen molar-refractivity contribution in [1.82, 2.24) is 15.4 Å². The summed E-state index contributed by atoms with van der Waals surface area (Å²) in [7, 11) is 0. The maximum absolute atomic E-state index is 10.7. The normalized spacial score (nSPS) is 12.0. The van der Waals surface area contributed by atoms with Gasteiger partial charge >= 0.3 is 5.97 Å². The van der Waals surface area contributed by atoms with Gasteiger partial charge in [0.15, 0.2) is 0 Å². The molecule has 0 fully saturated rings. The average molecular weight is 418 g/mol. The van der Waals surface area contributed by atoms with Crippen LogP contribution in [0.4, 0.5) is 5.95 Å². The molecule has 0 aliphatic rings. The highest BCUT2D eigenvalue weighted by Gasteiger charge is 2.23. The molecule has 1 heterocycles. The molecule has 30 heavy (non-hydrogen) atoms. The van der Waals surface area contributed by atoms with E-state index in [9.17, 15) is 4.79 Å². The van der Waals surface area contributed by atoms with Gasteiger partial charge in [0, 0.05) is 30.9 Å². The van der Waals surface area contributed by atoms with E-state index in [4.69, 9.17) is 21.9 Å². The first-order chi connectivity index (χ1) is 14.3. The Labute approximate surface area is 176 Å². The molecule has 0 bridgehead atoms. The molecule has 8 N–H and O–H groups in total. The van der Waals surface area contributed by atoms with Gasteiger partial charge in [0.1, 0.15) is 5.84 Å². The minimum absolute atomic E-state index is 0.0163. The topological polar surface area (TPSA) is 172 Å². The number of hydrazine groups is 1. The summed E-state index contributed by atoms with van der Waals surface area (Å²) in [5.74, 6) is 9.52. The van der Waals surface area contributed by atoms with Crippen molar-refractivity contribution in [2.45, 2.75) is 27.2 Å². The third-order valence-corrected chi connectivity index (χ3v) is 4.29. The molecule has 0 radical (unpaired) electrons. The number of aliphatic hydroxyl groups excluding tert-OH is 1. The van der Waals surface area contributed by atoms with Crippen LogP contribution in [0.1, 0.15) is 25.8 Å². The minimum atomic E-state index is -0.869. The van der Waals surface area contributed by atoms with Crippen LogP contribution in [-0.2, 0) is 4.79 Å². The molecule has 10 nitrogen and oxygen atoms in total. The predicted octanol–water partition coefficient (Wildman–Crippen LogP) is 1.33. The maximum atomic E-state index is 10.7. The number of hydrazone groups is 1. The van der Waals surface area contributed by atoms with Crippen LogP contribution < -0.4 is 22.4 Å². The van der Waals surface area contributed by atoms with Crippen LogP contribution in [-0.4, -0.2) is 45.1 Å². The second kappa shape index (κ2) is 13.1. The van der Waals surface area contributed by atoms with Crippen molar-refractivity contribution in [1.29, 1.82) is 0 Å². The molecule has 0 saturated carbocycles. The van der Waals surface area contributed by atoms with E-state index in [1.165, 1.54) is 5.56 Å². The van der Waals surface area contributed by atoms with E-state index in [-0.39, 0.29) is 18.9 Å². The van der Waals surface area contributed by atoms with E-state index in [1.807, 2.05) is 13.8 Å². The molecule has 1 aromatic carbocycles. The van der Waals surface area contributed by atoms with E-state index in [0.29, 0.717) is 18.3 Å². The van der Waals surface area contributed by atoms with Crippen LogP contribution in [0.15, 0.2) is 41.8 Å². The number of carbonyl (C=O) groups is 1. The molecule has 0 saturated heterocycles. The number of benzene rings is 1. The molecule has 0 amide bonds. The minimum Gasteiger partial charge on any atom is -0.481 e. The summed E-state index contributed by atoms with van der Waals surface area (Å²) in [6.07, 6.45) is 3.77. The number of hydrogen-bond acceptors (Lipinski definition) is 8. The molecule has 1 aromatic heterocycles. The van der Waals surface area contributed by atoms with Crippen molar-refractivity contribution >= 4 is 17.8 Å². The average Bonchev–Trinajstić information content (AvgIpc) is 2.74. The van der Waals surface area contributed by atoms with Crippen LogP contribution in [0, 0.1) is 18.8 Å². The van der Waals surface area contributed by atoms with Gasteiger partial charge in [0.05, 0.1) is 12.5 Å². The molecule has 0 spiro atoms. The van der Waals surface area contributed by atoms with E-state index in [2.05, 4.69) is 57.0 Å². The number of carboxylic acids is 1. The zero-order chi connectivity index (χ0) is 22.5. The lowest BCUT2D eigenvalue weighted by Crippen LogP contribution is -2.35. The van der Waals surface area contributed by atoms with Crippen LogP contribution in [0.25, 0.3) is 11.1 Å². The Morgan fingerprint density at radius 3 is 2.20 bits per heavy atom. The summed E-state index contributed by atoms with van der Waals surface area (Å²) in [4.78, 5) is 19.1. The second-order valence-electron chi connectivity index (χ2n) is 6.92. The monoisotopic (exact) mass is 417 g/mol. The van der Waals surface area contributed by atoms with E-state index in [0.717, 1.165) is 11.1 Å². The Kier molecular flexibility index (Phi) is 10.8. The zero-order valence-corrected chi connectivity index (χ0v) is 17.5. The molecule has 0 aliphatic heterocycles. The lowest BCUT2D eigenvalue weighted by atomic mass is 9.92. The van der Waals surface area contributed by atoms with E-state index >= 15 is 0 Å². The maximum Gasteiger partial charge on any atom is 0.307 e. The number of aliphatic hydroxyl groups is 1. The number of anilines is 1. The Balaban J connectivity index is 0.000000314. The standard InChI is InChI=1S/C13H15N3O.C7H16N4O2/c1-10-2-4-11(5-3-10)12-8-15-13(16-9-12)14-6-7-17;1-4(2)5(7(12)13)3-6(10-8)11-9/h2-5,8-9,17H,6-7H2,1H3,(H,14,15,16);4-5H,3,8-9H2,1-2H3,(H,10,11)(H,12,13). The third-order valence-electron chi connectivity index (χ3n) is 4.29. The Hall–Kier alpha value is -3.24. The van der Waals surface area contributed by atoms with Gasteiger partial charge < -0.3 is 26.8 Å². The van der Waals surface area contributed by atoms with Gasteiger partial charge in [-0.3, -0.25) is 4.79 Å². The Morgan fingerprint density at radius 2 is 1.77 bits per heavy atom. The van der Waals surface area contributed by atoms with Gasteiger partial charge in [-0.2, -0.15) is 5.10 Å². The number of nitrogens with one attached hydrogen (secondary N) is 2. The summed E-state index contributed by atoms with van der Waals surface area (Å²) in [6, 6.07) is 8.23. The first kappa shape index (κ1) is 24.8. The Bertz CT molecular complexity index is 793. The number of carboxylic acid groups (broad SMARTS) is 1. The lowest BCUT2D eigenvalue weighted by molar-refractivity contribution is -0.142. The molecule has 10 heteroatoms. The highest BCUT2D eigenvalue weighted by atomic mass is 16.4. The summed E-state index contributed by atoms with van der Waals surface area (Å²) >= 11 is 0. The summed E-state index contributed by atoms with van der Waals surface area (Å²) in [6.45, 7) is 6.24. The number of aryl methyl sites for hydroxylation is 1. The fourth-order valence-corrected chi connectivity index (χ4v) is 2.45. The number of aliphatic carboxylic acids is 1. The van der Waals surface area contributed by atoms with E-state index < -0.39 is 11.9 Å². The second-order valence-corrected chi connectivity index (χ2v) is 6.92. The molecule has 2 rings (SSSR count). The molecular weight excluding hydrogens is 386 g/mol. The van der Waals surface area contributed by atoms with Crippen LogP contribution in [0.5, 0.6) is 0 Å². The molecule has 0 aliphatic carbocycles. The summed E-state index contributed by atoms with van der Waals surface area (Å²) in [5.41, 5.74) is 5.57. The van der Waals surface area contributed by atoms with Crippen molar-refractivity contribution < 1.29 is 15.0 Å². The fraction of sp³-hybridized carbons (Fsp3) is 0.400. The fourth-order valence-electron chi connectivity index (χ4n) is 2.45. The highest BCUT2D eigenvalue weighted by molar-refractivity contribution is 5.85. The predicted molar refractivity (Wildman–Crippen MR) is 117 cm³/mol. The van der Waals surface area contributed by atoms with Gasteiger partial charge in [-0.05, 0) is 18.4 Å². The number of amidine groups is 1. The van der Waals surface area contributed by atoms with Crippen molar-refractivity contribution in [3.63, 3.8) is 0 Å². The molecule has 1 unspecified atom stereocenters.